The van der Waals surface area contributed by atoms with Gasteiger partial charge in [0, 0.05) is 15.1 Å². The van der Waals surface area contributed by atoms with Crippen molar-refractivity contribution in [2.24, 2.45) is 0 Å². The number of hydrogen-bond donors (Lipinski definition) is 3. The molecule has 3 N–H and O–H groups in total. The fourth-order valence-corrected chi connectivity index (χ4v) is 5.21. The summed E-state index contributed by atoms with van der Waals surface area (Å²) in [5, 5.41) is 11.8. The number of H-pyrrole nitrogens is 1. The molecule has 1 fully saturated rings. The summed E-state index contributed by atoms with van der Waals surface area (Å²) in [6, 6.07) is 19.0. The Kier molecular flexibility index (Phi) is 7.94. The molecule has 1 unspecified atom stereocenters. The Morgan fingerprint density at radius 1 is 1.10 bits per heavy atom. The van der Waals surface area contributed by atoms with Crippen LogP contribution < -0.4 is 10.1 Å². The maximum atomic E-state index is 14.7. The SMILES string of the molecule is C[C@@H](c1ccccc1)[C@@H](c1ncc(-c2ccc(I)cc2F)[nH]1)N1C(=O)NC(c2ccc(OCCO)cc2)C1=O. The molecule has 200 valence electrons. The molecule has 3 aromatic carbocycles. The van der Waals surface area contributed by atoms with Crippen molar-refractivity contribution in [2.45, 2.75) is 24.9 Å². The maximum Gasteiger partial charge on any atom is 0.325 e. The van der Waals surface area contributed by atoms with E-state index in [4.69, 9.17) is 9.84 Å². The average Bonchev–Trinajstić information content (AvgIpc) is 3.53. The summed E-state index contributed by atoms with van der Waals surface area (Å²) in [7, 11) is 0. The van der Waals surface area contributed by atoms with Gasteiger partial charge in [0.15, 0.2) is 0 Å². The lowest BCUT2D eigenvalue weighted by atomic mass is 9.91. The average molecular weight is 640 g/mol. The van der Waals surface area contributed by atoms with Crippen LogP contribution in [0.4, 0.5) is 9.18 Å². The molecule has 1 aliphatic heterocycles. The molecule has 2 heterocycles. The summed E-state index contributed by atoms with van der Waals surface area (Å²) in [5.74, 6) is -0.227. The van der Waals surface area contributed by atoms with E-state index in [0.29, 0.717) is 28.4 Å². The largest absolute Gasteiger partial charge is 0.491 e. The van der Waals surface area contributed by atoms with Gasteiger partial charge in [-0.05, 0) is 64.0 Å². The number of aromatic nitrogens is 2. The van der Waals surface area contributed by atoms with Gasteiger partial charge in [-0.15, -0.1) is 0 Å². The number of imidazole rings is 1. The molecule has 1 saturated heterocycles. The number of benzene rings is 3. The highest BCUT2D eigenvalue weighted by atomic mass is 127. The molecule has 1 aromatic heterocycles. The number of amides is 3. The first kappa shape index (κ1) is 26.8. The van der Waals surface area contributed by atoms with Crippen LogP contribution in [0.3, 0.4) is 0 Å². The third kappa shape index (κ3) is 5.52. The quantitative estimate of drug-likeness (QED) is 0.170. The zero-order valence-corrected chi connectivity index (χ0v) is 23.1. The van der Waals surface area contributed by atoms with Gasteiger partial charge in [0.1, 0.15) is 36.1 Å². The molecule has 0 bridgehead atoms. The van der Waals surface area contributed by atoms with Crippen LogP contribution in [0.5, 0.6) is 5.75 Å². The minimum Gasteiger partial charge on any atom is -0.491 e. The Morgan fingerprint density at radius 2 is 1.85 bits per heavy atom. The van der Waals surface area contributed by atoms with Gasteiger partial charge in [-0.2, -0.15) is 0 Å². The van der Waals surface area contributed by atoms with Crippen molar-refractivity contribution in [1.29, 1.82) is 0 Å². The Labute approximate surface area is 238 Å². The van der Waals surface area contributed by atoms with Crippen LogP contribution in [0.1, 0.15) is 41.9 Å². The minimum atomic E-state index is -0.891. The predicted octanol–water partition coefficient (Wildman–Crippen LogP) is 5.33. The molecule has 0 radical (unpaired) electrons. The van der Waals surface area contributed by atoms with E-state index in [0.717, 1.165) is 9.13 Å². The van der Waals surface area contributed by atoms with E-state index in [-0.39, 0.29) is 19.1 Å². The van der Waals surface area contributed by atoms with Crippen LogP contribution in [-0.2, 0) is 4.79 Å². The topological polar surface area (TPSA) is 108 Å². The number of ether oxygens (including phenoxy) is 1. The Bertz CT molecular complexity index is 1480. The second-order valence-electron chi connectivity index (χ2n) is 9.18. The molecule has 3 atom stereocenters. The van der Waals surface area contributed by atoms with Crippen LogP contribution in [0.25, 0.3) is 11.3 Å². The Balaban J connectivity index is 1.50. The van der Waals surface area contributed by atoms with E-state index >= 15 is 0 Å². The zero-order valence-electron chi connectivity index (χ0n) is 21.0. The standard InChI is InChI=1S/C29H26FIN4O4/c1-17(18-5-3-2-4-6-18)26(27-32-16-24(33-27)22-12-9-20(31)15-23(22)30)35-28(37)25(34-29(35)38)19-7-10-21(11-8-19)39-14-13-36/h2-12,15-17,25-26,36H,13-14H2,1H3,(H,32,33)(H,34,38)/t17-,25?,26-/m0/s1. The Hall–Kier alpha value is -3.77. The van der Waals surface area contributed by atoms with Gasteiger partial charge < -0.3 is 20.1 Å². The van der Waals surface area contributed by atoms with E-state index in [9.17, 15) is 14.0 Å². The lowest BCUT2D eigenvalue weighted by Gasteiger charge is -2.29. The number of aliphatic hydroxyl groups is 1. The van der Waals surface area contributed by atoms with Crippen molar-refractivity contribution in [3.8, 4) is 17.0 Å². The normalized spacial score (nSPS) is 16.7. The minimum absolute atomic E-state index is 0.112. The number of aromatic amines is 1. The van der Waals surface area contributed by atoms with Gasteiger partial charge in [0.05, 0.1) is 18.5 Å². The van der Waals surface area contributed by atoms with E-state index in [1.807, 2.05) is 59.8 Å². The van der Waals surface area contributed by atoms with Gasteiger partial charge in [-0.3, -0.25) is 9.69 Å². The number of rotatable bonds is 9. The van der Waals surface area contributed by atoms with Crippen molar-refractivity contribution >= 4 is 34.5 Å². The monoisotopic (exact) mass is 640 g/mol. The highest BCUT2D eigenvalue weighted by Gasteiger charge is 2.46. The van der Waals surface area contributed by atoms with E-state index < -0.39 is 29.8 Å². The molecule has 4 aromatic rings. The fraction of sp³-hybridized carbons (Fsp3) is 0.207. The number of halogens is 2. The molecule has 0 spiro atoms. The summed E-state index contributed by atoms with van der Waals surface area (Å²) in [5.41, 5.74) is 2.31. The van der Waals surface area contributed by atoms with Crippen molar-refractivity contribution in [2.75, 3.05) is 13.2 Å². The number of aliphatic hydroxyl groups excluding tert-OH is 1. The van der Waals surface area contributed by atoms with Crippen molar-refractivity contribution in [3.05, 3.63) is 105 Å². The van der Waals surface area contributed by atoms with E-state index in [1.165, 1.54) is 17.2 Å². The number of nitrogens with one attached hydrogen (secondary N) is 2. The number of imide groups is 1. The molecule has 0 aliphatic carbocycles. The first-order valence-electron chi connectivity index (χ1n) is 12.4. The third-order valence-corrected chi connectivity index (χ3v) is 7.39. The summed E-state index contributed by atoms with van der Waals surface area (Å²) >= 11 is 2.05. The van der Waals surface area contributed by atoms with Crippen molar-refractivity contribution in [1.82, 2.24) is 20.2 Å². The second-order valence-corrected chi connectivity index (χ2v) is 10.4. The highest BCUT2D eigenvalue weighted by molar-refractivity contribution is 14.1. The number of urea groups is 1. The summed E-state index contributed by atoms with van der Waals surface area (Å²) in [6.07, 6.45) is 1.52. The number of carbonyl (C=O) groups is 2. The number of carbonyl (C=O) groups excluding carboxylic acids is 2. The molecular formula is C29H26FIN4O4. The summed E-state index contributed by atoms with van der Waals surface area (Å²) < 4.78 is 20.9. The highest BCUT2D eigenvalue weighted by Crippen LogP contribution is 2.39. The molecule has 10 heteroatoms. The van der Waals surface area contributed by atoms with Crippen LogP contribution in [0.2, 0.25) is 0 Å². The summed E-state index contributed by atoms with van der Waals surface area (Å²) in [4.78, 5) is 36.0. The second kappa shape index (κ2) is 11.5. The molecule has 0 saturated carbocycles. The summed E-state index contributed by atoms with van der Waals surface area (Å²) in [6.45, 7) is 1.97. The lowest BCUT2D eigenvalue weighted by molar-refractivity contribution is -0.129. The molecule has 1 aliphatic rings. The van der Waals surface area contributed by atoms with Gasteiger partial charge in [-0.1, -0.05) is 49.4 Å². The van der Waals surface area contributed by atoms with E-state index in [1.54, 1.807) is 36.4 Å². The molecule has 3 amide bonds. The molecular weight excluding hydrogens is 614 g/mol. The van der Waals surface area contributed by atoms with Crippen molar-refractivity contribution < 1.29 is 23.8 Å². The van der Waals surface area contributed by atoms with Crippen LogP contribution in [0, 0.1) is 9.39 Å². The van der Waals surface area contributed by atoms with Crippen LogP contribution in [0.15, 0.2) is 79.0 Å². The smallest absolute Gasteiger partial charge is 0.325 e. The van der Waals surface area contributed by atoms with Crippen molar-refractivity contribution in [3.63, 3.8) is 0 Å². The maximum absolute atomic E-state index is 14.7. The number of nitrogens with zero attached hydrogens (tertiary/aromatic N) is 2. The Morgan fingerprint density at radius 3 is 2.54 bits per heavy atom. The fourth-order valence-electron chi connectivity index (χ4n) is 4.76. The molecule has 5 rings (SSSR count). The first-order chi connectivity index (χ1) is 18.9. The van der Waals surface area contributed by atoms with Gasteiger partial charge in [0.25, 0.3) is 5.91 Å². The third-order valence-electron chi connectivity index (χ3n) is 6.72. The number of hydrogen-bond acceptors (Lipinski definition) is 5. The van der Waals surface area contributed by atoms with Gasteiger partial charge in [-0.25, -0.2) is 14.2 Å². The molecule has 8 nitrogen and oxygen atoms in total. The van der Waals surface area contributed by atoms with Gasteiger partial charge in [0.2, 0.25) is 0 Å². The lowest BCUT2D eigenvalue weighted by Crippen LogP contribution is -2.38. The first-order valence-corrected chi connectivity index (χ1v) is 13.5. The van der Waals surface area contributed by atoms with Gasteiger partial charge >= 0.3 is 6.03 Å². The van der Waals surface area contributed by atoms with Crippen LogP contribution in [-0.4, -0.2) is 45.1 Å². The predicted molar refractivity (Wildman–Crippen MR) is 151 cm³/mol. The van der Waals surface area contributed by atoms with Crippen LogP contribution >= 0.6 is 22.6 Å². The molecule has 39 heavy (non-hydrogen) atoms. The zero-order chi connectivity index (χ0) is 27.5. The van der Waals surface area contributed by atoms with E-state index in [2.05, 4.69) is 15.3 Å².